The number of anilines is 1. The summed E-state index contributed by atoms with van der Waals surface area (Å²) in [6, 6.07) is 24.4. The second kappa shape index (κ2) is 11.2. The molecule has 0 aromatic heterocycles. The van der Waals surface area contributed by atoms with E-state index < -0.39 is 0 Å². The minimum absolute atomic E-state index is 0.763. The molecule has 3 aromatic rings. The molecule has 1 saturated carbocycles. The van der Waals surface area contributed by atoms with E-state index in [2.05, 4.69) is 97.8 Å². The molecule has 1 aliphatic carbocycles. The summed E-state index contributed by atoms with van der Waals surface area (Å²) in [5.74, 6) is 1.70. The average molecular weight is 439 g/mol. The van der Waals surface area contributed by atoms with Gasteiger partial charge in [-0.05, 0) is 72.1 Å². The maximum absolute atomic E-state index is 4.15. The normalized spacial score (nSPS) is 13.8. The first-order chi connectivity index (χ1) is 16.1. The molecule has 0 saturated heterocycles. The van der Waals surface area contributed by atoms with E-state index in [1.54, 1.807) is 5.56 Å². The van der Waals surface area contributed by atoms with Crippen molar-refractivity contribution in [3.63, 3.8) is 0 Å². The van der Waals surface area contributed by atoms with Crippen molar-refractivity contribution in [2.24, 2.45) is 5.92 Å². The summed E-state index contributed by atoms with van der Waals surface area (Å²) in [7, 11) is 0. The van der Waals surface area contributed by atoms with Crippen molar-refractivity contribution in [3.8, 4) is 0 Å². The van der Waals surface area contributed by atoms with Crippen molar-refractivity contribution < 1.29 is 0 Å². The Labute approximate surface area is 200 Å². The monoisotopic (exact) mass is 438 g/mol. The number of hydrogen-bond donors (Lipinski definition) is 2. The van der Waals surface area contributed by atoms with Gasteiger partial charge in [0.15, 0.2) is 0 Å². The molecule has 172 valence electrons. The van der Waals surface area contributed by atoms with Crippen molar-refractivity contribution in [3.05, 3.63) is 113 Å². The fraction of sp³-hybridized carbons (Fsp3) is 0.355. The number of aryl methyl sites for hydroxylation is 2. The third-order valence-electron chi connectivity index (χ3n) is 6.89. The molecule has 0 aliphatic heterocycles. The van der Waals surface area contributed by atoms with Gasteiger partial charge >= 0.3 is 0 Å². The highest BCUT2D eigenvalue weighted by atomic mass is 15.1. The number of rotatable bonds is 10. The summed E-state index contributed by atoms with van der Waals surface area (Å²) in [6.45, 7) is 9.31. The summed E-state index contributed by atoms with van der Waals surface area (Å²) >= 11 is 0. The van der Waals surface area contributed by atoms with E-state index in [1.165, 1.54) is 59.9 Å². The molecule has 2 heteroatoms. The van der Waals surface area contributed by atoms with Gasteiger partial charge in [0.25, 0.3) is 0 Å². The van der Waals surface area contributed by atoms with Gasteiger partial charge in [0.1, 0.15) is 0 Å². The molecule has 0 unspecified atom stereocenters. The fourth-order valence-electron chi connectivity index (χ4n) is 4.98. The first-order valence-corrected chi connectivity index (χ1v) is 12.5. The van der Waals surface area contributed by atoms with Crippen LogP contribution in [0.4, 0.5) is 5.69 Å². The highest BCUT2D eigenvalue weighted by Gasteiger charge is 2.17. The summed E-state index contributed by atoms with van der Waals surface area (Å²) in [5, 5.41) is 6.81. The maximum Gasteiger partial charge on any atom is 0.0959 e. The van der Waals surface area contributed by atoms with Crippen molar-refractivity contribution in [1.82, 2.24) is 5.32 Å². The molecular formula is C31H38N2. The molecular weight excluding hydrogens is 400 g/mol. The predicted octanol–water partition coefficient (Wildman–Crippen LogP) is 7.55. The van der Waals surface area contributed by atoms with Crippen LogP contribution in [0.2, 0.25) is 0 Å². The van der Waals surface area contributed by atoms with Gasteiger partial charge in [-0.3, -0.25) is 0 Å². The topological polar surface area (TPSA) is 24.1 Å². The molecule has 0 amide bonds. The molecule has 4 rings (SSSR count). The lowest BCUT2D eigenvalue weighted by Crippen LogP contribution is -2.18. The zero-order valence-electron chi connectivity index (χ0n) is 20.3. The lowest BCUT2D eigenvalue weighted by molar-refractivity contribution is 0.544. The van der Waals surface area contributed by atoms with Crippen molar-refractivity contribution in [1.29, 1.82) is 0 Å². The lowest BCUT2D eigenvalue weighted by Gasteiger charge is -2.15. The van der Waals surface area contributed by atoms with Crippen LogP contribution in [0, 0.1) is 12.8 Å². The van der Waals surface area contributed by atoms with Crippen molar-refractivity contribution >= 4 is 5.69 Å². The molecule has 1 fully saturated rings. The van der Waals surface area contributed by atoms with Gasteiger partial charge in [0.2, 0.25) is 0 Å². The second-order valence-corrected chi connectivity index (χ2v) is 9.63. The van der Waals surface area contributed by atoms with Gasteiger partial charge in [0.05, 0.1) is 5.82 Å². The smallest absolute Gasteiger partial charge is 0.0959 e. The quantitative estimate of drug-likeness (QED) is 0.341. The van der Waals surface area contributed by atoms with E-state index in [0.29, 0.717) is 0 Å². The Morgan fingerprint density at radius 1 is 0.879 bits per heavy atom. The Kier molecular flexibility index (Phi) is 7.88. The third-order valence-corrected chi connectivity index (χ3v) is 6.89. The minimum Gasteiger partial charge on any atom is -0.368 e. The van der Waals surface area contributed by atoms with Gasteiger partial charge < -0.3 is 10.6 Å². The average Bonchev–Trinajstić information content (AvgIpc) is 3.32. The molecule has 0 bridgehead atoms. The zero-order valence-corrected chi connectivity index (χ0v) is 20.3. The van der Waals surface area contributed by atoms with Crippen molar-refractivity contribution in [2.45, 2.75) is 65.3 Å². The van der Waals surface area contributed by atoms with E-state index in [1.807, 2.05) is 0 Å². The highest BCUT2D eigenvalue weighted by molar-refractivity contribution is 5.50. The fourth-order valence-corrected chi connectivity index (χ4v) is 4.98. The zero-order chi connectivity index (χ0) is 23.0. The van der Waals surface area contributed by atoms with Crippen LogP contribution in [0.1, 0.15) is 66.0 Å². The van der Waals surface area contributed by atoms with Crippen molar-refractivity contribution in [2.75, 3.05) is 5.32 Å². The summed E-state index contributed by atoms with van der Waals surface area (Å²) < 4.78 is 0. The van der Waals surface area contributed by atoms with Gasteiger partial charge in [-0.2, -0.15) is 0 Å². The Balaban J connectivity index is 1.37. The number of hydrogen-bond acceptors (Lipinski definition) is 2. The molecule has 3 aromatic carbocycles. The van der Waals surface area contributed by atoms with Crippen LogP contribution in [-0.2, 0) is 25.8 Å². The van der Waals surface area contributed by atoms with E-state index in [-0.39, 0.29) is 0 Å². The first-order valence-electron chi connectivity index (χ1n) is 12.5. The molecule has 0 radical (unpaired) electrons. The van der Waals surface area contributed by atoms with E-state index >= 15 is 0 Å². The van der Waals surface area contributed by atoms with Crippen LogP contribution in [-0.4, -0.2) is 0 Å². The van der Waals surface area contributed by atoms with E-state index in [9.17, 15) is 0 Å². The van der Waals surface area contributed by atoms with Gasteiger partial charge in [-0.15, -0.1) is 0 Å². The van der Waals surface area contributed by atoms with Gasteiger partial charge in [-0.1, -0.05) is 99.3 Å². The van der Waals surface area contributed by atoms with Crippen LogP contribution in [0.3, 0.4) is 0 Å². The molecule has 0 atom stereocenters. The first kappa shape index (κ1) is 23.2. The van der Waals surface area contributed by atoms with E-state index in [4.69, 9.17) is 0 Å². The molecule has 2 N–H and O–H groups in total. The summed E-state index contributed by atoms with van der Waals surface area (Å²) in [5.41, 5.74) is 9.44. The number of nitrogens with one attached hydrogen (secondary N) is 2. The largest absolute Gasteiger partial charge is 0.368 e. The Morgan fingerprint density at radius 2 is 1.61 bits per heavy atom. The van der Waals surface area contributed by atoms with Crippen LogP contribution in [0.5, 0.6) is 0 Å². The van der Waals surface area contributed by atoms with Crippen LogP contribution in [0.25, 0.3) is 0 Å². The summed E-state index contributed by atoms with van der Waals surface area (Å²) in [6.07, 6.45) is 8.98. The third kappa shape index (κ3) is 6.74. The molecule has 33 heavy (non-hydrogen) atoms. The highest BCUT2D eigenvalue weighted by Crippen LogP contribution is 2.30. The van der Waals surface area contributed by atoms with E-state index in [0.717, 1.165) is 36.8 Å². The molecule has 0 spiro atoms. The van der Waals surface area contributed by atoms with Crippen LogP contribution in [0.15, 0.2) is 79.1 Å². The SMILES string of the molecule is C=C(NCc1ccc(C)cc1)Nc1cccc(Cc2ccc(CC)c(CC3CCCC3)c2)c1. The second-order valence-electron chi connectivity index (χ2n) is 9.63. The Bertz CT molecular complexity index is 1060. The molecule has 0 heterocycles. The van der Waals surface area contributed by atoms with Gasteiger partial charge in [0, 0.05) is 12.2 Å². The molecule has 1 aliphatic rings. The maximum atomic E-state index is 4.15. The van der Waals surface area contributed by atoms with Crippen LogP contribution >= 0.6 is 0 Å². The lowest BCUT2D eigenvalue weighted by atomic mass is 9.91. The number of benzene rings is 3. The predicted molar refractivity (Wildman–Crippen MR) is 142 cm³/mol. The standard InChI is InChI=1S/C31H38N2/c1-4-29-17-16-28(20-30(29)19-25-8-5-6-9-25)18-27-10-7-11-31(21-27)33-24(3)32-22-26-14-12-23(2)13-15-26/h7,10-17,20-21,25,32-33H,3-6,8-9,18-19,22H2,1-2H3. The minimum atomic E-state index is 0.763. The summed E-state index contributed by atoms with van der Waals surface area (Å²) in [4.78, 5) is 0. The Hall–Kier alpha value is -3.00. The Morgan fingerprint density at radius 3 is 2.36 bits per heavy atom. The van der Waals surface area contributed by atoms with Crippen LogP contribution < -0.4 is 10.6 Å². The molecule has 2 nitrogen and oxygen atoms in total. The van der Waals surface area contributed by atoms with Gasteiger partial charge in [-0.25, -0.2) is 0 Å².